The highest BCUT2D eigenvalue weighted by Crippen LogP contribution is 2.45. The number of ether oxygens (including phenoxy) is 1. The molecule has 1 saturated heterocycles. The minimum absolute atomic E-state index is 0.0973. The standard InChI is InChI=1S/C32H33NO2/c1-32(2,3)23-10-8-9-21(17-23)22-18-24-15-16-25(19-22)33(24)31(34)35-20-30-28-13-6-4-11-26(28)27-12-5-7-14-29(27)30/h4-14,17-18,24-25,30H,15-16,19-20H2,1-3H3. The summed E-state index contributed by atoms with van der Waals surface area (Å²) in [6, 6.07) is 26.2. The van der Waals surface area contributed by atoms with Crippen LogP contribution in [0.5, 0.6) is 0 Å². The van der Waals surface area contributed by atoms with E-state index in [1.54, 1.807) is 0 Å². The summed E-state index contributed by atoms with van der Waals surface area (Å²) in [5.41, 5.74) is 9.15. The van der Waals surface area contributed by atoms with Crippen LogP contribution in [-0.2, 0) is 10.2 Å². The van der Waals surface area contributed by atoms with Gasteiger partial charge in [-0.05, 0) is 63.6 Å². The van der Waals surface area contributed by atoms with E-state index in [2.05, 4.69) is 99.6 Å². The van der Waals surface area contributed by atoms with Crippen molar-refractivity contribution in [3.63, 3.8) is 0 Å². The Hall–Kier alpha value is -3.33. The van der Waals surface area contributed by atoms with Crippen molar-refractivity contribution in [2.24, 2.45) is 0 Å². The summed E-state index contributed by atoms with van der Waals surface area (Å²) in [6.07, 6.45) is 5.09. The monoisotopic (exact) mass is 463 g/mol. The molecule has 3 aliphatic rings. The Morgan fingerprint density at radius 2 is 1.60 bits per heavy atom. The molecule has 35 heavy (non-hydrogen) atoms. The van der Waals surface area contributed by atoms with E-state index in [1.165, 1.54) is 39.0 Å². The highest BCUT2D eigenvalue weighted by atomic mass is 16.6. The van der Waals surface area contributed by atoms with Crippen LogP contribution in [0.1, 0.15) is 68.2 Å². The van der Waals surface area contributed by atoms with Crippen LogP contribution in [0.4, 0.5) is 4.79 Å². The molecule has 178 valence electrons. The first-order valence-electron chi connectivity index (χ1n) is 12.8. The molecule has 3 heteroatoms. The summed E-state index contributed by atoms with van der Waals surface area (Å²) < 4.78 is 6.02. The van der Waals surface area contributed by atoms with Gasteiger partial charge >= 0.3 is 6.09 Å². The molecule has 3 aromatic carbocycles. The SMILES string of the molecule is CC(C)(C)c1cccc(C2=CC3CCC(C2)N3C(=O)OCC2c3ccccc3-c3ccccc32)c1. The molecular weight excluding hydrogens is 430 g/mol. The van der Waals surface area contributed by atoms with Gasteiger partial charge in [-0.25, -0.2) is 4.79 Å². The third-order valence-corrected chi connectivity index (χ3v) is 8.04. The molecule has 0 aromatic heterocycles. The minimum atomic E-state index is -0.168. The third kappa shape index (κ3) is 3.87. The zero-order valence-electron chi connectivity index (χ0n) is 20.8. The van der Waals surface area contributed by atoms with Gasteiger partial charge in [-0.2, -0.15) is 0 Å². The molecule has 2 bridgehead atoms. The van der Waals surface area contributed by atoms with Gasteiger partial charge in [-0.3, -0.25) is 4.90 Å². The van der Waals surface area contributed by atoms with E-state index in [0.717, 1.165) is 19.3 Å². The Morgan fingerprint density at radius 3 is 2.26 bits per heavy atom. The Kier molecular flexibility index (Phi) is 5.32. The molecule has 2 aliphatic heterocycles. The number of benzene rings is 3. The average molecular weight is 464 g/mol. The second-order valence-electron chi connectivity index (χ2n) is 11.2. The van der Waals surface area contributed by atoms with Crippen molar-refractivity contribution in [1.82, 2.24) is 4.90 Å². The van der Waals surface area contributed by atoms with Crippen LogP contribution in [0.15, 0.2) is 78.9 Å². The van der Waals surface area contributed by atoms with E-state index in [4.69, 9.17) is 4.74 Å². The number of nitrogens with zero attached hydrogens (tertiary/aromatic N) is 1. The molecule has 0 radical (unpaired) electrons. The Bertz CT molecular complexity index is 1270. The van der Waals surface area contributed by atoms with Crippen LogP contribution in [0, 0.1) is 0 Å². The minimum Gasteiger partial charge on any atom is -0.448 e. The van der Waals surface area contributed by atoms with E-state index in [-0.39, 0.29) is 29.5 Å². The first-order chi connectivity index (χ1) is 16.9. The summed E-state index contributed by atoms with van der Waals surface area (Å²) >= 11 is 0. The van der Waals surface area contributed by atoms with Crippen molar-refractivity contribution < 1.29 is 9.53 Å². The van der Waals surface area contributed by atoms with Crippen LogP contribution in [0.3, 0.4) is 0 Å². The van der Waals surface area contributed by atoms with Gasteiger partial charge in [0.05, 0.1) is 6.04 Å². The van der Waals surface area contributed by atoms with Crippen LogP contribution < -0.4 is 0 Å². The van der Waals surface area contributed by atoms with Gasteiger partial charge < -0.3 is 4.74 Å². The van der Waals surface area contributed by atoms with Crippen molar-refractivity contribution in [2.45, 2.75) is 63.5 Å². The van der Waals surface area contributed by atoms with Crippen molar-refractivity contribution in [2.75, 3.05) is 6.61 Å². The fourth-order valence-corrected chi connectivity index (χ4v) is 6.18. The quantitative estimate of drug-likeness (QED) is 0.401. The number of hydrogen-bond donors (Lipinski definition) is 0. The zero-order valence-corrected chi connectivity index (χ0v) is 20.8. The van der Waals surface area contributed by atoms with Gasteiger partial charge in [0.2, 0.25) is 0 Å². The fourth-order valence-electron chi connectivity index (χ4n) is 6.18. The van der Waals surface area contributed by atoms with Gasteiger partial charge in [0.1, 0.15) is 6.61 Å². The lowest BCUT2D eigenvalue weighted by Crippen LogP contribution is -2.43. The van der Waals surface area contributed by atoms with E-state index in [9.17, 15) is 4.79 Å². The molecule has 1 amide bonds. The number of hydrogen-bond acceptors (Lipinski definition) is 2. The Balaban J connectivity index is 1.20. The first-order valence-corrected chi connectivity index (χ1v) is 12.8. The lowest BCUT2D eigenvalue weighted by molar-refractivity contribution is 0.0866. The van der Waals surface area contributed by atoms with Crippen LogP contribution in [-0.4, -0.2) is 29.7 Å². The molecule has 2 heterocycles. The summed E-state index contributed by atoms with van der Waals surface area (Å²) in [5, 5.41) is 0. The predicted octanol–water partition coefficient (Wildman–Crippen LogP) is 7.55. The topological polar surface area (TPSA) is 29.5 Å². The lowest BCUT2D eigenvalue weighted by atomic mass is 9.84. The Morgan fingerprint density at radius 1 is 0.914 bits per heavy atom. The molecular formula is C32H33NO2. The van der Waals surface area contributed by atoms with Gasteiger partial charge in [0.15, 0.2) is 0 Å². The zero-order chi connectivity index (χ0) is 24.2. The number of amides is 1. The highest BCUT2D eigenvalue weighted by Gasteiger charge is 2.41. The molecule has 0 saturated carbocycles. The van der Waals surface area contributed by atoms with E-state index in [0.29, 0.717) is 6.61 Å². The third-order valence-electron chi connectivity index (χ3n) is 8.04. The number of rotatable bonds is 3. The molecule has 3 nitrogen and oxygen atoms in total. The molecule has 0 spiro atoms. The van der Waals surface area contributed by atoms with Crippen LogP contribution in [0.2, 0.25) is 0 Å². The summed E-state index contributed by atoms with van der Waals surface area (Å²) in [5.74, 6) is 0.0973. The van der Waals surface area contributed by atoms with E-state index in [1.807, 2.05) is 4.90 Å². The van der Waals surface area contributed by atoms with Crippen molar-refractivity contribution in [1.29, 1.82) is 0 Å². The smallest absolute Gasteiger partial charge is 0.410 e. The molecule has 3 aromatic rings. The van der Waals surface area contributed by atoms with Crippen molar-refractivity contribution in [3.8, 4) is 11.1 Å². The maximum atomic E-state index is 13.3. The van der Waals surface area contributed by atoms with Gasteiger partial charge in [0.25, 0.3) is 0 Å². The average Bonchev–Trinajstić information content (AvgIpc) is 3.32. The maximum Gasteiger partial charge on any atom is 0.410 e. The summed E-state index contributed by atoms with van der Waals surface area (Å²) in [4.78, 5) is 15.3. The van der Waals surface area contributed by atoms with Crippen molar-refractivity contribution in [3.05, 3.63) is 101 Å². The van der Waals surface area contributed by atoms with E-state index < -0.39 is 0 Å². The number of carbonyl (C=O) groups is 1. The lowest BCUT2D eigenvalue weighted by Gasteiger charge is -2.34. The maximum absolute atomic E-state index is 13.3. The predicted molar refractivity (Wildman–Crippen MR) is 141 cm³/mol. The second kappa shape index (κ2) is 8.41. The van der Waals surface area contributed by atoms with E-state index >= 15 is 0 Å². The molecule has 0 N–H and O–H groups in total. The molecule has 2 unspecified atom stereocenters. The van der Waals surface area contributed by atoms with Gasteiger partial charge in [0, 0.05) is 12.0 Å². The summed E-state index contributed by atoms with van der Waals surface area (Å²) in [6.45, 7) is 7.14. The summed E-state index contributed by atoms with van der Waals surface area (Å²) in [7, 11) is 0. The first kappa shape index (κ1) is 22.2. The highest BCUT2D eigenvalue weighted by molar-refractivity contribution is 5.79. The molecule has 2 atom stereocenters. The number of carbonyl (C=O) groups excluding carboxylic acids is 1. The normalized spacial score (nSPS) is 20.9. The Labute approximate surface area is 208 Å². The van der Waals surface area contributed by atoms with Gasteiger partial charge in [-0.1, -0.05) is 99.6 Å². The van der Waals surface area contributed by atoms with Crippen LogP contribution >= 0.6 is 0 Å². The largest absolute Gasteiger partial charge is 0.448 e. The fraction of sp³-hybridized carbons (Fsp3) is 0.344. The molecule has 6 rings (SSSR count). The van der Waals surface area contributed by atoms with Gasteiger partial charge in [-0.15, -0.1) is 0 Å². The number of fused-ring (bicyclic) bond motifs is 5. The van der Waals surface area contributed by atoms with Crippen LogP contribution in [0.25, 0.3) is 16.7 Å². The molecule has 1 aliphatic carbocycles. The second-order valence-corrected chi connectivity index (χ2v) is 11.2. The molecule has 1 fully saturated rings. The van der Waals surface area contributed by atoms with Crippen molar-refractivity contribution >= 4 is 11.7 Å².